The molecule has 0 aliphatic heterocycles. The van der Waals surface area contributed by atoms with Gasteiger partial charge in [0.1, 0.15) is 23.0 Å². The highest BCUT2D eigenvalue weighted by Crippen LogP contribution is 2.43. The van der Waals surface area contributed by atoms with E-state index in [-0.39, 0.29) is 0 Å². The Hall–Kier alpha value is -6.12. The lowest BCUT2D eigenvalue weighted by Crippen LogP contribution is -1.95. The van der Waals surface area contributed by atoms with E-state index in [1.807, 2.05) is 36.4 Å². The number of benzene rings is 5. The fraction of sp³-hybridized carbons (Fsp3) is 0. The minimum Gasteiger partial charge on any atom is -0.453 e. The van der Waals surface area contributed by atoms with Crippen LogP contribution in [0.4, 0.5) is 0 Å². The molecule has 0 saturated carbocycles. The van der Waals surface area contributed by atoms with Crippen molar-refractivity contribution in [2.75, 3.05) is 0 Å². The van der Waals surface area contributed by atoms with Gasteiger partial charge >= 0.3 is 0 Å². The van der Waals surface area contributed by atoms with Crippen molar-refractivity contribution < 1.29 is 28.4 Å². The summed E-state index contributed by atoms with van der Waals surface area (Å²) in [5.41, 5.74) is 0. The highest BCUT2D eigenvalue weighted by molar-refractivity contribution is 5.54. The molecule has 8 nitrogen and oxygen atoms in total. The van der Waals surface area contributed by atoms with Gasteiger partial charge in [-0.1, -0.05) is 48.5 Å². The monoisotopic (exact) mass is 528 g/mol. The van der Waals surface area contributed by atoms with E-state index in [1.165, 1.54) is 0 Å². The van der Waals surface area contributed by atoms with Crippen molar-refractivity contribution in [3.8, 4) is 70.0 Å². The van der Waals surface area contributed by atoms with Crippen LogP contribution < -0.4 is 28.4 Å². The summed E-state index contributed by atoms with van der Waals surface area (Å²) in [6.45, 7) is 0. The van der Waals surface area contributed by atoms with Gasteiger partial charge in [-0.15, -0.1) is 10.5 Å². The predicted octanol–water partition coefficient (Wildman–Crippen LogP) is 8.58. The topological polar surface area (TPSA) is 103 Å². The summed E-state index contributed by atoms with van der Waals surface area (Å²) in [6.07, 6.45) is 3.32. The third kappa shape index (κ3) is 6.41. The van der Waals surface area contributed by atoms with Crippen molar-refractivity contribution in [1.82, 2.24) is 0 Å². The zero-order valence-corrected chi connectivity index (χ0v) is 20.9. The zero-order chi connectivity index (χ0) is 27.6. The molecule has 5 aromatic carbocycles. The standard InChI is InChI=1S/C32H20N2O6/c33-21-35-25-15-17-29(31(19-25)37-23-9-3-1-4-10-23)39-27-13-7-8-14-28(27)40-30-18-16-26(36-22-34)20-32(30)38-24-11-5-2-6-12-24/h1-20H. The van der Waals surface area contributed by atoms with Crippen LogP contribution in [0, 0.1) is 23.0 Å². The summed E-state index contributed by atoms with van der Waals surface area (Å²) < 4.78 is 34.5. The van der Waals surface area contributed by atoms with Crippen molar-refractivity contribution in [1.29, 1.82) is 10.5 Å². The van der Waals surface area contributed by atoms with E-state index in [0.717, 1.165) is 0 Å². The fourth-order valence-electron chi connectivity index (χ4n) is 3.62. The van der Waals surface area contributed by atoms with Gasteiger partial charge in [0, 0.05) is 12.1 Å². The van der Waals surface area contributed by atoms with Crippen LogP contribution in [0.5, 0.6) is 57.5 Å². The number of nitriles is 2. The lowest BCUT2D eigenvalue weighted by atomic mass is 10.2. The summed E-state index contributed by atoms with van der Waals surface area (Å²) in [4.78, 5) is 0. The van der Waals surface area contributed by atoms with E-state index < -0.39 is 0 Å². The Labute approximate surface area is 230 Å². The Kier molecular flexibility index (Phi) is 7.92. The number of para-hydroxylation sites is 4. The van der Waals surface area contributed by atoms with Crippen molar-refractivity contribution >= 4 is 0 Å². The van der Waals surface area contributed by atoms with E-state index in [4.69, 9.17) is 38.9 Å². The Bertz CT molecular complexity index is 1550. The van der Waals surface area contributed by atoms with Gasteiger partial charge in [0.05, 0.1) is 0 Å². The van der Waals surface area contributed by atoms with Crippen molar-refractivity contribution in [3.05, 3.63) is 121 Å². The van der Waals surface area contributed by atoms with Crippen LogP contribution in [-0.4, -0.2) is 0 Å². The van der Waals surface area contributed by atoms with Gasteiger partial charge in [0.2, 0.25) is 0 Å². The molecule has 0 fully saturated rings. The molecule has 40 heavy (non-hydrogen) atoms. The van der Waals surface area contributed by atoms with Gasteiger partial charge in [-0.05, 0) is 60.7 Å². The molecule has 0 radical (unpaired) electrons. The first kappa shape index (κ1) is 25.5. The molecule has 0 aliphatic rings. The first-order valence-corrected chi connectivity index (χ1v) is 12.0. The highest BCUT2D eigenvalue weighted by Gasteiger charge is 2.16. The SMILES string of the molecule is N#COc1ccc(Oc2ccccc2Oc2ccc(OC#N)cc2Oc2ccccc2)c(Oc2ccccc2)c1. The molecular weight excluding hydrogens is 508 g/mol. The van der Waals surface area contributed by atoms with Crippen LogP contribution in [0.2, 0.25) is 0 Å². The second-order valence-corrected chi connectivity index (χ2v) is 8.08. The van der Waals surface area contributed by atoms with Gasteiger partial charge < -0.3 is 28.4 Å². The van der Waals surface area contributed by atoms with Crippen LogP contribution in [0.1, 0.15) is 0 Å². The number of hydrogen-bond acceptors (Lipinski definition) is 8. The maximum absolute atomic E-state index is 8.95. The fourth-order valence-corrected chi connectivity index (χ4v) is 3.62. The van der Waals surface area contributed by atoms with Gasteiger partial charge in [-0.25, -0.2) is 0 Å². The van der Waals surface area contributed by atoms with Gasteiger partial charge in [-0.2, -0.15) is 0 Å². The lowest BCUT2D eigenvalue weighted by molar-refractivity contribution is 0.379. The van der Waals surface area contributed by atoms with Crippen molar-refractivity contribution in [2.45, 2.75) is 0 Å². The number of nitrogens with zero attached hydrogens (tertiary/aromatic N) is 2. The van der Waals surface area contributed by atoms with Crippen LogP contribution in [-0.2, 0) is 0 Å². The molecule has 5 aromatic rings. The molecule has 8 heteroatoms. The predicted molar refractivity (Wildman–Crippen MR) is 145 cm³/mol. The maximum Gasteiger partial charge on any atom is 0.292 e. The Morgan fingerprint density at radius 3 is 1.12 bits per heavy atom. The third-order valence-electron chi connectivity index (χ3n) is 5.39. The molecule has 0 atom stereocenters. The van der Waals surface area contributed by atoms with Crippen molar-refractivity contribution in [3.63, 3.8) is 0 Å². The number of hydrogen-bond donors (Lipinski definition) is 0. The second-order valence-electron chi connectivity index (χ2n) is 8.08. The van der Waals surface area contributed by atoms with E-state index in [1.54, 1.807) is 97.4 Å². The van der Waals surface area contributed by atoms with Gasteiger partial charge in [-0.3, -0.25) is 0 Å². The third-order valence-corrected chi connectivity index (χ3v) is 5.39. The normalized spacial score (nSPS) is 9.95. The molecule has 5 rings (SSSR count). The lowest BCUT2D eigenvalue weighted by Gasteiger charge is -2.17. The van der Waals surface area contributed by atoms with E-state index in [0.29, 0.717) is 57.5 Å². The van der Waals surface area contributed by atoms with E-state index in [2.05, 4.69) is 0 Å². The first-order chi connectivity index (χ1) is 19.7. The molecule has 0 aromatic heterocycles. The minimum atomic E-state index is 0.299. The summed E-state index contributed by atoms with van der Waals surface area (Å²) in [5, 5.41) is 17.9. The minimum absolute atomic E-state index is 0.299. The number of ether oxygens (including phenoxy) is 6. The molecule has 0 aliphatic carbocycles. The average molecular weight is 529 g/mol. The average Bonchev–Trinajstić information content (AvgIpc) is 2.98. The second kappa shape index (κ2) is 12.4. The Balaban J connectivity index is 1.46. The zero-order valence-electron chi connectivity index (χ0n) is 20.9. The van der Waals surface area contributed by atoms with E-state index in [9.17, 15) is 0 Å². The van der Waals surface area contributed by atoms with Gasteiger partial charge in [0.25, 0.3) is 12.5 Å². The number of rotatable bonds is 10. The molecule has 0 heterocycles. The summed E-state index contributed by atoms with van der Waals surface area (Å²) in [7, 11) is 0. The van der Waals surface area contributed by atoms with Crippen molar-refractivity contribution in [2.24, 2.45) is 0 Å². The molecule has 0 saturated heterocycles. The summed E-state index contributed by atoms with van der Waals surface area (Å²) in [6, 6.07) is 35.0. The Morgan fingerprint density at radius 2 is 0.725 bits per heavy atom. The molecular formula is C32H20N2O6. The molecule has 0 bridgehead atoms. The highest BCUT2D eigenvalue weighted by atomic mass is 16.6. The van der Waals surface area contributed by atoms with Crippen LogP contribution in [0.25, 0.3) is 0 Å². The van der Waals surface area contributed by atoms with Crippen LogP contribution >= 0.6 is 0 Å². The van der Waals surface area contributed by atoms with E-state index >= 15 is 0 Å². The maximum atomic E-state index is 8.95. The molecule has 0 amide bonds. The largest absolute Gasteiger partial charge is 0.453 e. The summed E-state index contributed by atoms with van der Waals surface area (Å²) in [5.74, 6) is 3.92. The van der Waals surface area contributed by atoms with Crippen LogP contribution in [0.15, 0.2) is 121 Å². The molecule has 0 unspecified atom stereocenters. The van der Waals surface area contributed by atoms with Crippen LogP contribution in [0.3, 0.4) is 0 Å². The molecule has 0 N–H and O–H groups in total. The smallest absolute Gasteiger partial charge is 0.292 e. The Morgan fingerprint density at radius 1 is 0.350 bits per heavy atom. The molecule has 0 spiro atoms. The first-order valence-electron chi connectivity index (χ1n) is 12.0. The quantitative estimate of drug-likeness (QED) is 0.166. The molecule has 194 valence electrons. The summed E-state index contributed by atoms with van der Waals surface area (Å²) >= 11 is 0. The van der Waals surface area contributed by atoms with Gasteiger partial charge in [0.15, 0.2) is 34.5 Å².